The first-order valence-electron chi connectivity index (χ1n) is 9.25. The number of likely N-dealkylation sites (N-methyl/N-ethyl adjacent to an activating group) is 2. The minimum Gasteiger partial charge on any atom is -0.497 e. The molecule has 0 unspecified atom stereocenters. The second-order valence-corrected chi connectivity index (χ2v) is 7.05. The topological polar surface area (TPSA) is 61.9 Å². The Bertz CT molecular complexity index is 788. The van der Waals surface area contributed by atoms with E-state index in [9.17, 15) is 9.59 Å². The summed E-state index contributed by atoms with van der Waals surface area (Å²) < 4.78 is 5.16. The van der Waals surface area contributed by atoms with Gasteiger partial charge in [-0.25, -0.2) is 0 Å². The summed E-state index contributed by atoms with van der Waals surface area (Å²) in [5.41, 5.74) is 2.93. The molecule has 0 aliphatic carbocycles. The molecular formula is C22H29N3O3. The van der Waals surface area contributed by atoms with Crippen LogP contribution >= 0.6 is 0 Å². The number of methoxy groups -OCH3 is 1. The third-order valence-corrected chi connectivity index (χ3v) is 4.70. The molecule has 0 bridgehead atoms. The lowest BCUT2D eigenvalue weighted by Gasteiger charge is -2.28. The van der Waals surface area contributed by atoms with Crippen LogP contribution in [-0.4, -0.2) is 55.4 Å². The number of nitrogens with zero attached hydrogens (tertiary/aromatic N) is 2. The predicted molar refractivity (Wildman–Crippen MR) is 111 cm³/mol. The zero-order valence-electron chi connectivity index (χ0n) is 17.2. The normalized spacial score (nSPS) is 11.8. The van der Waals surface area contributed by atoms with E-state index in [-0.39, 0.29) is 24.4 Å². The largest absolute Gasteiger partial charge is 0.497 e. The molecule has 0 aromatic heterocycles. The maximum Gasteiger partial charge on any atom is 0.243 e. The van der Waals surface area contributed by atoms with Crippen LogP contribution in [0.3, 0.4) is 0 Å². The molecule has 0 fully saturated rings. The van der Waals surface area contributed by atoms with Crippen LogP contribution in [0.4, 0.5) is 5.69 Å². The average molecular weight is 383 g/mol. The molecule has 2 aromatic rings. The molecule has 0 saturated heterocycles. The number of aryl methyl sites for hydroxylation is 1. The Kier molecular flexibility index (Phi) is 7.58. The summed E-state index contributed by atoms with van der Waals surface area (Å²) in [6, 6.07) is 15.0. The number of nitrogens with one attached hydrogen (secondary N) is 1. The molecule has 0 spiro atoms. The highest BCUT2D eigenvalue weighted by atomic mass is 16.5. The van der Waals surface area contributed by atoms with Crippen molar-refractivity contribution in [3.8, 4) is 5.75 Å². The van der Waals surface area contributed by atoms with Gasteiger partial charge in [0.1, 0.15) is 5.75 Å². The SMILES string of the molecule is COc1ccc(CN(C)[C@@H](C)C(=O)N(C)CC(=O)Nc2ccc(C)cc2)cc1. The molecular weight excluding hydrogens is 354 g/mol. The van der Waals surface area contributed by atoms with Crippen LogP contribution in [0.15, 0.2) is 48.5 Å². The summed E-state index contributed by atoms with van der Waals surface area (Å²) in [6.45, 7) is 4.47. The van der Waals surface area contributed by atoms with Gasteiger partial charge in [0, 0.05) is 19.3 Å². The number of amides is 2. The number of carbonyl (C=O) groups is 2. The Morgan fingerprint density at radius 1 is 1.04 bits per heavy atom. The highest BCUT2D eigenvalue weighted by molar-refractivity contribution is 5.95. The van der Waals surface area contributed by atoms with Crippen LogP contribution in [0, 0.1) is 6.92 Å². The summed E-state index contributed by atoms with van der Waals surface area (Å²) >= 11 is 0. The number of benzene rings is 2. The van der Waals surface area contributed by atoms with Gasteiger partial charge in [0.2, 0.25) is 11.8 Å². The van der Waals surface area contributed by atoms with E-state index in [1.54, 1.807) is 14.2 Å². The molecule has 0 heterocycles. The van der Waals surface area contributed by atoms with Gasteiger partial charge in [-0.05, 0) is 50.7 Å². The lowest BCUT2D eigenvalue weighted by molar-refractivity contribution is -0.137. The molecule has 2 aromatic carbocycles. The fourth-order valence-electron chi connectivity index (χ4n) is 2.79. The first kappa shape index (κ1) is 21.4. The molecule has 0 radical (unpaired) electrons. The second-order valence-electron chi connectivity index (χ2n) is 7.05. The van der Waals surface area contributed by atoms with Crippen molar-refractivity contribution in [1.29, 1.82) is 0 Å². The van der Waals surface area contributed by atoms with Crippen molar-refractivity contribution in [2.45, 2.75) is 26.4 Å². The molecule has 0 saturated carbocycles. The maximum atomic E-state index is 12.7. The van der Waals surface area contributed by atoms with Crippen molar-refractivity contribution in [2.75, 3.05) is 33.1 Å². The van der Waals surface area contributed by atoms with E-state index >= 15 is 0 Å². The van der Waals surface area contributed by atoms with E-state index < -0.39 is 0 Å². The molecule has 2 amide bonds. The zero-order chi connectivity index (χ0) is 20.7. The van der Waals surface area contributed by atoms with E-state index in [2.05, 4.69) is 5.32 Å². The third-order valence-electron chi connectivity index (χ3n) is 4.70. The van der Waals surface area contributed by atoms with E-state index in [4.69, 9.17) is 4.74 Å². The Morgan fingerprint density at radius 3 is 2.21 bits per heavy atom. The van der Waals surface area contributed by atoms with Gasteiger partial charge in [-0.15, -0.1) is 0 Å². The molecule has 0 aliphatic rings. The van der Waals surface area contributed by atoms with Crippen LogP contribution in [0.5, 0.6) is 5.75 Å². The number of hydrogen-bond acceptors (Lipinski definition) is 4. The molecule has 28 heavy (non-hydrogen) atoms. The lowest BCUT2D eigenvalue weighted by Crippen LogP contribution is -2.46. The van der Waals surface area contributed by atoms with Crippen molar-refractivity contribution in [3.05, 3.63) is 59.7 Å². The van der Waals surface area contributed by atoms with Crippen molar-refractivity contribution in [1.82, 2.24) is 9.80 Å². The number of rotatable bonds is 8. The summed E-state index contributed by atoms with van der Waals surface area (Å²) in [5.74, 6) is 0.481. The number of ether oxygens (including phenoxy) is 1. The fraction of sp³-hybridized carbons (Fsp3) is 0.364. The molecule has 6 heteroatoms. The molecule has 2 rings (SSSR count). The molecule has 6 nitrogen and oxygen atoms in total. The Hall–Kier alpha value is -2.86. The molecule has 0 aliphatic heterocycles. The molecule has 1 atom stereocenters. The predicted octanol–water partition coefficient (Wildman–Crippen LogP) is 2.92. The van der Waals surface area contributed by atoms with Crippen molar-refractivity contribution < 1.29 is 14.3 Å². The Morgan fingerprint density at radius 2 is 1.64 bits per heavy atom. The summed E-state index contributed by atoms with van der Waals surface area (Å²) in [5, 5.41) is 2.82. The number of hydrogen-bond donors (Lipinski definition) is 1. The van der Waals surface area contributed by atoms with Gasteiger partial charge in [0.15, 0.2) is 0 Å². The molecule has 150 valence electrons. The first-order valence-corrected chi connectivity index (χ1v) is 9.25. The summed E-state index contributed by atoms with van der Waals surface area (Å²) in [6.07, 6.45) is 0. The number of anilines is 1. The highest BCUT2D eigenvalue weighted by Crippen LogP contribution is 2.14. The average Bonchev–Trinajstić information content (AvgIpc) is 2.69. The van der Waals surface area contributed by atoms with Gasteiger partial charge >= 0.3 is 0 Å². The smallest absolute Gasteiger partial charge is 0.243 e. The minimum atomic E-state index is -0.348. The van der Waals surface area contributed by atoms with Gasteiger partial charge in [-0.2, -0.15) is 0 Å². The quantitative estimate of drug-likeness (QED) is 0.761. The van der Waals surface area contributed by atoms with Gasteiger partial charge < -0.3 is 15.0 Å². The summed E-state index contributed by atoms with van der Waals surface area (Å²) in [7, 11) is 5.18. The lowest BCUT2D eigenvalue weighted by atomic mass is 10.1. The summed E-state index contributed by atoms with van der Waals surface area (Å²) in [4.78, 5) is 28.3. The highest BCUT2D eigenvalue weighted by Gasteiger charge is 2.23. The Labute approximate surface area is 167 Å². The van der Waals surface area contributed by atoms with Crippen LogP contribution in [-0.2, 0) is 16.1 Å². The first-order chi connectivity index (χ1) is 13.3. The monoisotopic (exact) mass is 383 g/mol. The van der Waals surface area contributed by atoms with Crippen molar-refractivity contribution in [2.24, 2.45) is 0 Å². The van der Waals surface area contributed by atoms with Gasteiger partial charge in [-0.3, -0.25) is 14.5 Å². The standard InChI is InChI=1S/C22H29N3O3/c1-16-6-10-19(11-7-16)23-21(26)15-25(4)22(27)17(2)24(3)14-18-8-12-20(28-5)13-9-18/h6-13,17H,14-15H2,1-5H3,(H,23,26)/t17-/m0/s1. The van der Waals surface area contributed by atoms with Crippen LogP contribution in [0.25, 0.3) is 0 Å². The third kappa shape index (κ3) is 6.09. The van der Waals surface area contributed by atoms with Gasteiger partial charge in [0.25, 0.3) is 0 Å². The van der Waals surface area contributed by atoms with Gasteiger partial charge in [-0.1, -0.05) is 29.8 Å². The van der Waals surface area contributed by atoms with E-state index in [1.807, 2.05) is 74.3 Å². The van der Waals surface area contributed by atoms with E-state index in [1.165, 1.54) is 4.90 Å². The van der Waals surface area contributed by atoms with Crippen LogP contribution < -0.4 is 10.1 Å². The van der Waals surface area contributed by atoms with Crippen LogP contribution in [0.2, 0.25) is 0 Å². The second kappa shape index (κ2) is 9.90. The zero-order valence-corrected chi connectivity index (χ0v) is 17.2. The minimum absolute atomic E-state index is 0.00737. The van der Waals surface area contributed by atoms with Crippen molar-refractivity contribution in [3.63, 3.8) is 0 Å². The Balaban J connectivity index is 1.87. The van der Waals surface area contributed by atoms with E-state index in [0.29, 0.717) is 6.54 Å². The number of carbonyl (C=O) groups excluding carboxylic acids is 2. The molecule has 1 N–H and O–H groups in total. The fourth-order valence-corrected chi connectivity index (χ4v) is 2.79. The maximum absolute atomic E-state index is 12.7. The van der Waals surface area contributed by atoms with Gasteiger partial charge in [0.05, 0.1) is 19.7 Å². The van der Waals surface area contributed by atoms with Crippen molar-refractivity contribution >= 4 is 17.5 Å². The van der Waals surface area contributed by atoms with E-state index in [0.717, 1.165) is 22.6 Å². The van der Waals surface area contributed by atoms with Crippen LogP contribution in [0.1, 0.15) is 18.1 Å².